The standard InChI is InChI=1S/C16H17ClN2O3S/c1-11-8-9-12(10-14(11)17)18-16(20)13-6-4-5-7-15(13)19(2)23(3,21)22/h4-10H,1-3H3,(H,18,20). The van der Waals surface area contributed by atoms with E-state index in [-0.39, 0.29) is 5.56 Å². The van der Waals surface area contributed by atoms with E-state index in [1.54, 1.807) is 42.5 Å². The molecule has 0 aromatic heterocycles. The molecule has 1 amide bonds. The lowest BCUT2D eigenvalue weighted by Gasteiger charge is -2.19. The Bertz CT molecular complexity index is 850. The highest BCUT2D eigenvalue weighted by atomic mass is 35.5. The zero-order chi connectivity index (χ0) is 17.2. The van der Waals surface area contributed by atoms with Crippen molar-refractivity contribution in [2.45, 2.75) is 6.92 Å². The van der Waals surface area contributed by atoms with Gasteiger partial charge in [-0.1, -0.05) is 29.8 Å². The van der Waals surface area contributed by atoms with E-state index in [9.17, 15) is 13.2 Å². The minimum atomic E-state index is -3.46. The topological polar surface area (TPSA) is 66.5 Å². The smallest absolute Gasteiger partial charge is 0.257 e. The van der Waals surface area contributed by atoms with Crippen LogP contribution < -0.4 is 9.62 Å². The fourth-order valence-electron chi connectivity index (χ4n) is 1.99. The van der Waals surface area contributed by atoms with Crippen LogP contribution in [0.5, 0.6) is 0 Å². The molecule has 0 saturated carbocycles. The van der Waals surface area contributed by atoms with Gasteiger partial charge in [-0.15, -0.1) is 0 Å². The zero-order valence-corrected chi connectivity index (χ0v) is 14.6. The number of carbonyl (C=O) groups excluding carboxylic acids is 1. The van der Waals surface area contributed by atoms with Gasteiger partial charge in [0.2, 0.25) is 10.0 Å². The Balaban J connectivity index is 2.35. The van der Waals surface area contributed by atoms with Crippen molar-refractivity contribution in [3.8, 4) is 0 Å². The van der Waals surface area contributed by atoms with Crippen molar-refractivity contribution in [1.82, 2.24) is 0 Å². The normalized spacial score (nSPS) is 11.1. The molecule has 0 unspecified atom stereocenters. The molecule has 2 rings (SSSR count). The number of sulfonamides is 1. The molecular formula is C16H17ClN2O3S. The summed E-state index contributed by atoms with van der Waals surface area (Å²) in [4.78, 5) is 12.5. The Morgan fingerprint density at radius 2 is 1.83 bits per heavy atom. The van der Waals surface area contributed by atoms with Crippen molar-refractivity contribution >= 4 is 38.9 Å². The molecule has 0 radical (unpaired) electrons. The lowest BCUT2D eigenvalue weighted by molar-refractivity contribution is 0.102. The molecule has 0 aliphatic carbocycles. The first-order chi connectivity index (χ1) is 10.7. The lowest BCUT2D eigenvalue weighted by atomic mass is 10.1. The fourth-order valence-corrected chi connectivity index (χ4v) is 2.68. The number of amides is 1. The summed E-state index contributed by atoms with van der Waals surface area (Å²) in [6, 6.07) is 11.7. The number of hydrogen-bond acceptors (Lipinski definition) is 3. The fraction of sp³-hybridized carbons (Fsp3) is 0.188. The Kier molecular flexibility index (Phi) is 4.97. The minimum Gasteiger partial charge on any atom is -0.322 e. The second-order valence-corrected chi connectivity index (χ2v) is 7.59. The second-order valence-electron chi connectivity index (χ2n) is 5.17. The molecule has 7 heteroatoms. The van der Waals surface area contributed by atoms with Crippen LogP contribution in [0.25, 0.3) is 0 Å². The number of halogens is 1. The first-order valence-electron chi connectivity index (χ1n) is 6.80. The van der Waals surface area contributed by atoms with Crippen molar-refractivity contribution in [3.63, 3.8) is 0 Å². The zero-order valence-electron chi connectivity index (χ0n) is 13.0. The van der Waals surface area contributed by atoms with Crippen molar-refractivity contribution in [2.75, 3.05) is 22.9 Å². The SMILES string of the molecule is Cc1ccc(NC(=O)c2ccccc2N(C)S(C)(=O)=O)cc1Cl. The van der Waals surface area contributed by atoms with Crippen LogP contribution in [0.4, 0.5) is 11.4 Å². The average Bonchev–Trinajstić information content (AvgIpc) is 2.49. The Morgan fingerprint density at radius 3 is 2.43 bits per heavy atom. The van der Waals surface area contributed by atoms with Crippen LogP contribution in [0.3, 0.4) is 0 Å². The quantitative estimate of drug-likeness (QED) is 0.918. The van der Waals surface area contributed by atoms with Gasteiger partial charge in [0.1, 0.15) is 0 Å². The second kappa shape index (κ2) is 6.60. The number of anilines is 2. The summed E-state index contributed by atoms with van der Waals surface area (Å²) in [5, 5.41) is 3.27. The van der Waals surface area contributed by atoms with E-state index < -0.39 is 15.9 Å². The summed E-state index contributed by atoms with van der Waals surface area (Å²) in [5.74, 6) is -0.406. The van der Waals surface area contributed by atoms with E-state index in [1.165, 1.54) is 7.05 Å². The number of aryl methyl sites for hydroxylation is 1. The molecule has 0 atom stereocenters. The van der Waals surface area contributed by atoms with Crippen LogP contribution in [0.1, 0.15) is 15.9 Å². The number of hydrogen-bond donors (Lipinski definition) is 1. The number of benzene rings is 2. The number of para-hydroxylation sites is 1. The van der Waals surface area contributed by atoms with Gasteiger partial charge < -0.3 is 5.32 Å². The molecule has 1 N–H and O–H groups in total. The minimum absolute atomic E-state index is 0.261. The maximum Gasteiger partial charge on any atom is 0.257 e. The van der Waals surface area contributed by atoms with Crippen LogP contribution in [-0.4, -0.2) is 27.6 Å². The molecule has 2 aromatic rings. The van der Waals surface area contributed by atoms with Crippen molar-refractivity contribution in [1.29, 1.82) is 0 Å². The third kappa shape index (κ3) is 4.03. The molecule has 0 fully saturated rings. The third-order valence-electron chi connectivity index (χ3n) is 3.42. The number of carbonyl (C=O) groups is 1. The first kappa shape index (κ1) is 17.3. The summed E-state index contributed by atoms with van der Waals surface area (Å²) in [7, 11) is -2.06. The van der Waals surface area contributed by atoms with Crippen LogP contribution in [0.15, 0.2) is 42.5 Å². The third-order valence-corrected chi connectivity index (χ3v) is 5.01. The van der Waals surface area contributed by atoms with Crippen LogP contribution in [0, 0.1) is 6.92 Å². The summed E-state index contributed by atoms with van der Waals surface area (Å²) in [6.07, 6.45) is 1.08. The first-order valence-corrected chi connectivity index (χ1v) is 9.03. The molecule has 0 bridgehead atoms. The predicted molar refractivity (Wildman–Crippen MR) is 93.8 cm³/mol. The van der Waals surface area contributed by atoms with Gasteiger partial charge in [0.05, 0.1) is 17.5 Å². The number of nitrogens with zero attached hydrogens (tertiary/aromatic N) is 1. The van der Waals surface area contributed by atoms with Crippen molar-refractivity contribution in [3.05, 3.63) is 58.6 Å². The van der Waals surface area contributed by atoms with Crippen molar-refractivity contribution < 1.29 is 13.2 Å². The van der Waals surface area contributed by atoms with Gasteiger partial charge in [-0.05, 0) is 36.8 Å². The summed E-state index contributed by atoms with van der Waals surface area (Å²) in [5.41, 5.74) is 2.02. The highest BCUT2D eigenvalue weighted by Gasteiger charge is 2.19. The van der Waals surface area contributed by atoms with E-state index in [1.807, 2.05) is 6.92 Å². The van der Waals surface area contributed by atoms with Gasteiger partial charge in [-0.2, -0.15) is 0 Å². The van der Waals surface area contributed by atoms with Crippen molar-refractivity contribution in [2.24, 2.45) is 0 Å². The summed E-state index contributed by atoms with van der Waals surface area (Å²) in [6.45, 7) is 1.87. The number of rotatable bonds is 4. The molecule has 122 valence electrons. The van der Waals surface area contributed by atoms with Gasteiger partial charge in [-0.25, -0.2) is 8.42 Å². The molecule has 5 nitrogen and oxygen atoms in total. The van der Waals surface area contributed by atoms with E-state index in [0.717, 1.165) is 16.1 Å². The maximum atomic E-state index is 12.5. The predicted octanol–water partition coefficient (Wildman–Crippen LogP) is 3.30. The molecule has 0 heterocycles. The van der Waals surface area contributed by atoms with E-state index >= 15 is 0 Å². The average molecular weight is 353 g/mol. The Labute approximate surface area is 140 Å². The molecule has 0 aliphatic heterocycles. The lowest BCUT2D eigenvalue weighted by Crippen LogP contribution is -2.27. The van der Waals surface area contributed by atoms with Crippen LogP contribution in [-0.2, 0) is 10.0 Å². The van der Waals surface area contributed by atoms with Crippen LogP contribution >= 0.6 is 11.6 Å². The summed E-state index contributed by atoms with van der Waals surface area (Å²) < 4.78 is 24.5. The highest BCUT2D eigenvalue weighted by Crippen LogP contribution is 2.24. The Hall–Kier alpha value is -2.05. The molecular weight excluding hydrogens is 336 g/mol. The van der Waals surface area contributed by atoms with Gasteiger partial charge in [0, 0.05) is 17.8 Å². The van der Waals surface area contributed by atoms with E-state index in [0.29, 0.717) is 16.4 Å². The molecule has 0 spiro atoms. The van der Waals surface area contributed by atoms with Crippen LogP contribution in [0.2, 0.25) is 5.02 Å². The van der Waals surface area contributed by atoms with E-state index in [4.69, 9.17) is 11.6 Å². The monoisotopic (exact) mass is 352 g/mol. The molecule has 0 aliphatic rings. The summed E-state index contributed by atoms with van der Waals surface area (Å²) >= 11 is 6.05. The molecule has 23 heavy (non-hydrogen) atoms. The Morgan fingerprint density at radius 1 is 1.17 bits per heavy atom. The van der Waals surface area contributed by atoms with Gasteiger partial charge in [-0.3, -0.25) is 9.10 Å². The largest absolute Gasteiger partial charge is 0.322 e. The van der Waals surface area contributed by atoms with Gasteiger partial charge >= 0.3 is 0 Å². The highest BCUT2D eigenvalue weighted by molar-refractivity contribution is 7.92. The maximum absolute atomic E-state index is 12.5. The van der Waals surface area contributed by atoms with Gasteiger partial charge in [0.25, 0.3) is 5.91 Å². The molecule has 2 aromatic carbocycles. The number of nitrogens with one attached hydrogen (secondary N) is 1. The van der Waals surface area contributed by atoms with E-state index in [2.05, 4.69) is 5.32 Å². The molecule has 0 saturated heterocycles. The van der Waals surface area contributed by atoms with Gasteiger partial charge in [0.15, 0.2) is 0 Å².